The van der Waals surface area contributed by atoms with Gasteiger partial charge in [-0.2, -0.15) is 0 Å². The Morgan fingerprint density at radius 1 is 0.342 bits per heavy atom. The zero-order valence-electron chi connectivity index (χ0n) is 47.7. The molecule has 5 heteroatoms. The minimum absolute atomic E-state index is 0.777. The molecule has 4 aromatic rings. The number of rotatable bonds is 38. The van der Waals surface area contributed by atoms with Crippen LogP contribution in [0.15, 0.2) is 96.1 Å². The summed E-state index contributed by atoms with van der Waals surface area (Å²) < 4.78 is 12.4. The van der Waals surface area contributed by atoms with Crippen LogP contribution in [0.1, 0.15) is 267 Å². The summed E-state index contributed by atoms with van der Waals surface area (Å²) in [7, 11) is 0. The van der Waals surface area contributed by atoms with Crippen LogP contribution < -0.4 is 7.76 Å². The monoisotopic (exact) mass is 1040 g/mol. The van der Waals surface area contributed by atoms with Crippen molar-refractivity contribution in [3.8, 4) is 11.5 Å². The van der Waals surface area contributed by atoms with E-state index in [9.17, 15) is 5.53 Å². The third-order valence-corrected chi connectivity index (χ3v) is 15.4. The van der Waals surface area contributed by atoms with Crippen molar-refractivity contribution in [2.45, 2.75) is 261 Å². The van der Waals surface area contributed by atoms with Crippen LogP contribution in [0.4, 0.5) is 0 Å². The van der Waals surface area contributed by atoms with Gasteiger partial charge in [0.1, 0.15) is 0 Å². The van der Waals surface area contributed by atoms with E-state index >= 15 is 0 Å². The van der Waals surface area contributed by atoms with Gasteiger partial charge < -0.3 is 5.53 Å². The quantitative estimate of drug-likeness (QED) is 0.0255. The van der Waals surface area contributed by atoms with Gasteiger partial charge in [-0.1, -0.05) is 158 Å². The van der Waals surface area contributed by atoms with Gasteiger partial charge in [0.2, 0.25) is 11.4 Å². The number of nitrogens with zero attached hydrogens (tertiary/aromatic N) is 2. The van der Waals surface area contributed by atoms with E-state index in [1.54, 1.807) is 38.1 Å². The molecule has 73 heavy (non-hydrogen) atoms. The second kappa shape index (κ2) is 37.7. The first kappa shape index (κ1) is 61.6. The normalized spacial score (nSPS) is 12.5. The Hall–Kier alpha value is -3.95. The van der Waals surface area contributed by atoms with Gasteiger partial charge in [-0.25, -0.2) is 4.70 Å². The maximum atomic E-state index is 13.0. The Balaban J connectivity index is 0.000000650. The summed E-state index contributed by atoms with van der Waals surface area (Å²) in [4.78, 5) is 0. The van der Waals surface area contributed by atoms with Crippen LogP contribution in [-0.4, -0.2) is 4.70 Å². The fourth-order valence-electron chi connectivity index (χ4n) is 10.6. The van der Waals surface area contributed by atoms with Crippen LogP contribution in [0.2, 0.25) is 0 Å². The molecule has 4 aromatic carbocycles. The van der Waals surface area contributed by atoms with E-state index in [0.717, 1.165) is 102 Å². The first-order chi connectivity index (χ1) is 35.9. The first-order valence-corrected chi connectivity index (χ1v) is 31.0. The van der Waals surface area contributed by atoms with Crippen LogP contribution in [0, 0.1) is 0 Å². The van der Waals surface area contributed by atoms with Gasteiger partial charge in [0.25, 0.3) is 0 Å². The van der Waals surface area contributed by atoms with Crippen molar-refractivity contribution in [1.29, 1.82) is 0 Å². The molecule has 0 fully saturated rings. The molecule has 0 atom stereocenters. The van der Waals surface area contributed by atoms with Crippen LogP contribution in [0.5, 0.6) is 11.5 Å². The van der Waals surface area contributed by atoms with Gasteiger partial charge in [0.05, 0.1) is 0 Å². The number of aryl methyl sites for hydroxylation is 4. The topological polar surface area (TPSA) is 43.8 Å². The zero-order chi connectivity index (χ0) is 52.3. The second-order valence-electron chi connectivity index (χ2n) is 21.0. The Bertz CT molecular complexity index is 1970. The van der Waals surface area contributed by atoms with Gasteiger partial charge >= 0.3 is 95.0 Å². The van der Waals surface area contributed by atoms with Crippen molar-refractivity contribution in [3.05, 3.63) is 146 Å². The van der Waals surface area contributed by atoms with E-state index in [0.29, 0.717) is 0 Å². The zero-order valence-corrected chi connectivity index (χ0v) is 48.7. The SMILES string of the molecule is CCCCCCc1c(CCCCC)cc(C2=C(CCCC)C(CCCC)=C(c3cc(CCCCC)c(CCCCCC)c(CCCCC)c3)[N+]2=[N-])cc1CCCCC.c1ccc([O][Ni][O]c2ccccc2)cc1. The van der Waals surface area contributed by atoms with Crippen LogP contribution in [0.25, 0.3) is 16.9 Å². The molecular weight excluding hydrogens is 935 g/mol. The number of benzene rings is 4. The van der Waals surface area contributed by atoms with E-state index in [1.165, 1.54) is 164 Å². The molecule has 0 N–H and O–H groups in total. The third-order valence-electron chi connectivity index (χ3n) is 14.8. The molecule has 0 saturated carbocycles. The molecular formula is C68H102N2NiO2. The van der Waals surface area contributed by atoms with Gasteiger partial charge in [-0.05, 0) is 160 Å². The molecule has 0 bridgehead atoms. The van der Waals surface area contributed by atoms with Gasteiger partial charge in [0, 0.05) is 22.3 Å². The van der Waals surface area contributed by atoms with Crippen molar-refractivity contribution in [3.63, 3.8) is 0 Å². The number of hydrogen-bond donors (Lipinski definition) is 0. The predicted molar refractivity (Wildman–Crippen MR) is 312 cm³/mol. The molecule has 406 valence electrons. The number of para-hydroxylation sites is 2. The van der Waals surface area contributed by atoms with E-state index in [4.69, 9.17) is 7.76 Å². The summed E-state index contributed by atoms with van der Waals surface area (Å²) in [5, 5.41) is 0. The predicted octanol–water partition coefficient (Wildman–Crippen LogP) is 21.5. The fourth-order valence-corrected chi connectivity index (χ4v) is 11.1. The molecule has 4 nitrogen and oxygen atoms in total. The van der Waals surface area contributed by atoms with E-state index in [1.807, 2.05) is 60.7 Å². The van der Waals surface area contributed by atoms with Crippen LogP contribution in [0.3, 0.4) is 0 Å². The molecule has 0 spiro atoms. The van der Waals surface area contributed by atoms with E-state index in [-0.39, 0.29) is 0 Å². The Morgan fingerprint density at radius 3 is 0.932 bits per heavy atom. The van der Waals surface area contributed by atoms with Crippen molar-refractivity contribution in [2.75, 3.05) is 0 Å². The Morgan fingerprint density at radius 2 is 0.630 bits per heavy atom. The average molecular weight is 1040 g/mol. The summed E-state index contributed by atoms with van der Waals surface area (Å²) in [6.07, 6.45) is 39.3. The van der Waals surface area contributed by atoms with Gasteiger partial charge in [0.15, 0.2) is 0 Å². The summed E-state index contributed by atoms with van der Waals surface area (Å²) >= 11 is 0.777. The van der Waals surface area contributed by atoms with Crippen LogP contribution >= 0.6 is 0 Å². The third kappa shape index (κ3) is 21.3. The second-order valence-corrected chi connectivity index (χ2v) is 21.5. The summed E-state index contributed by atoms with van der Waals surface area (Å²) in [5.41, 5.74) is 30.1. The standard InChI is InChI=1S/C56H92N2.2C6H6O.Ni/c1-9-17-25-31-39-51-45(33-27-19-11-3)41-49(42-46(51)34-28-20-12-4)55-53(37-23-15-7)54(38-24-16-8)56(58(55)57)50-43-47(35-29-21-13-5)52(40-32-26-18-10-2)48(44-50)36-30-22-14-6;2*7-6-4-2-1-3-5-6;/h41-44H,9-40H2,1-8H3;2*1-5,7H;/q;;;+2/p-2. The summed E-state index contributed by atoms with van der Waals surface area (Å²) in [6, 6.07) is 29.3. The average Bonchev–Trinajstić information content (AvgIpc) is 3.69. The molecule has 1 heterocycles. The molecule has 0 unspecified atom stereocenters. The summed E-state index contributed by atoms with van der Waals surface area (Å²) in [6.45, 7) is 18.6. The van der Waals surface area contributed by atoms with Crippen molar-refractivity contribution in [1.82, 2.24) is 0 Å². The first-order valence-electron chi connectivity index (χ1n) is 30.2. The number of hydrogen-bond acceptors (Lipinski definition) is 2. The van der Waals surface area contributed by atoms with E-state index in [2.05, 4.69) is 79.7 Å². The molecule has 5 rings (SSSR count). The molecule has 0 saturated heterocycles. The number of allylic oxidation sites excluding steroid dienone is 2. The maximum absolute atomic E-state index is 13.0. The fraction of sp³-hybridized carbons (Fsp3) is 0.588. The van der Waals surface area contributed by atoms with Crippen LogP contribution in [-0.2, 0) is 53.6 Å². The van der Waals surface area contributed by atoms with Crippen molar-refractivity contribution in [2.24, 2.45) is 0 Å². The van der Waals surface area contributed by atoms with E-state index < -0.39 is 0 Å². The Labute approximate surface area is 455 Å². The molecule has 0 aromatic heterocycles. The number of unbranched alkanes of at least 4 members (excludes halogenated alkanes) is 16. The molecule has 0 amide bonds. The van der Waals surface area contributed by atoms with Gasteiger partial charge in [-0.15, -0.1) is 0 Å². The molecule has 0 radical (unpaired) electrons. The van der Waals surface area contributed by atoms with Crippen molar-refractivity contribution < 1.29 is 27.5 Å². The minimum atomic E-state index is 0.777. The van der Waals surface area contributed by atoms with Crippen molar-refractivity contribution >= 4 is 11.4 Å². The molecule has 1 aliphatic heterocycles. The molecule has 0 aliphatic carbocycles. The van der Waals surface area contributed by atoms with Gasteiger partial charge in [-0.3, -0.25) is 0 Å². The summed E-state index contributed by atoms with van der Waals surface area (Å²) in [5.74, 6) is 1.57. The molecule has 1 aliphatic rings. The Kier molecular flexibility index (Phi) is 31.8.